The van der Waals surface area contributed by atoms with Gasteiger partial charge < -0.3 is 4.90 Å². The van der Waals surface area contributed by atoms with Crippen molar-refractivity contribution in [1.82, 2.24) is 19.9 Å². The number of aryl methyl sites for hydroxylation is 1. The van der Waals surface area contributed by atoms with Gasteiger partial charge in [-0.1, -0.05) is 0 Å². The SMILES string of the molecule is Cc1nc(CCN2CCN(c3ncnc4ccsc34)CC2)cs1. The molecule has 23 heavy (non-hydrogen) atoms. The Labute approximate surface area is 143 Å². The highest BCUT2D eigenvalue weighted by Crippen LogP contribution is 2.28. The maximum atomic E-state index is 4.55. The van der Waals surface area contributed by atoms with Crippen LogP contribution in [0.5, 0.6) is 0 Å². The average Bonchev–Trinajstić information content (AvgIpc) is 3.22. The highest BCUT2D eigenvalue weighted by atomic mass is 32.1. The minimum Gasteiger partial charge on any atom is -0.353 e. The van der Waals surface area contributed by atoms with E-state index in [-0.39, 0.29) is 0 Å². The summed E-state index contributed by atoms with van der Waals surface area (Å²) in [6, 6.07) is 2.07. The molecule has 1 saturated heterocycles. The van der Waals surface area contributed by atoms with Crippen LogP contribution >= 0.6 is 22.7 Å². The molecule has 4 rings (SSSR count). The summed E-state index contributed by atoms with van der Waals surface area (Å²) in [5.74, 6) is 1.10. The molecule has 0 unspecified atom stereocenters. The largest absolute Gasteiger partial charge is 0.353 e. The van der Waals surface area contributed by atoms with Crippen LogP contribution in [0.4, 0.5) is 5.82 Å². The van der Waals surface area contributed by atoms with Gasteiger partial charge in [-0.2, -0.15) is 0 Å². The van der Waals surface area contributed by atoms with Gasteiger partial charge in [0.2, 0.25) is 0 Å². The molecule has 3 aromatic heterocycles. The van der Waals surface area contributed by atoms with Crippen LogP contribution in [0.25, 0.3) is 10.2 Å². The lowest BCUT2D eigenvalue weighted by atomic mass is 10.2. The zero-order valence-electron chi connectivity index (χ0n) is 13.1. The topological polar surface area (TPSA) is 45.2 Å². The fourth-order valence-corrected chi connectivity index (χ4v) is 4.49. The number of piperazine rings is 1. The van der Waals surface area contributed by atoms with Gasteiger partial charge in [0.25, 0.3) is 0 Å². The molecule has 0 N–H and O–H groups in total. The van der Waals surface area contributed by atoms with Crippen LogP contribution in [-0.4, -0.2) is 52.6 Å². The van der Waals surface area contributed by atoms with Gasteiger partial charge in [0.05, 0.1) is 20.9 Å². The van der Waals surface area contributed by atoms with Gasteiger partial charge in [0.1, 0.15) is 12.1 Å². The van der Waals surface area contributed by atoms with Crippen LogP contribution in [-0.2, 0) is 6.42 Å². The van der Waals surface area contributed by atoms with Gasteiger partial charge in [-0.15, -0.1) is 22.7 Å². The van der Waals surface area contributed by atoms with E-state index in [1.165, 1.54) is 10.4 Å². The Kier molecular flexibility index (Phi) is 4.24. The van der Waals surface area contributed by atoms with Crippen molar-refractivity contribution in [3.8, 4) is 0 Å². The molecule has 4 heterocycles. The number of hydrogen-bond donors (Lipinski definition) is 0. The number of fused-ring (bicyclic) bond motifs is 1. The minimum atomic E-state index is 1.03. The Morgan fingerprint density at radius 2 is 2.00 bits per heavy atom. The predicted octanol–water partition coefficient (Wildman–Crippen LogP) is 2.82. The number of thiophene rings is 1. The molecular weight excluding hydrogens is 326 g/mol. The molecule has 0 bridgehead atoms. The first kappa shape index (κ1) is 15.0. The number of hydrogen-bond acceptors (Lipinski definition) is 7. The summed E-state index contributed by atoms with van der Waals surface area (Å²) in [7, 11) is 0. The molecule has 5 nitrogen and oxygen atoms in total. The summed E-state index contributed by atoms with van der Waals surface area (Å²) >= 11 is 3.47. The Balaban J connectivity index is 1.36. The van der Waals surface area contributed by atoms with Crippen molar-refractivity contribution in [3.63, 3.8) is 0 Å². The van der Waals surface area contributed by atoms with E-state index in [4.69, 9.17) is 0 Å². The van der Waals surface area contributed by atoms with Crippen LogP contribution in [0.3, 0.4) is 0 Å². The smallest absolute Gasteiger partial charge is 0.150 e. The molecule has 0 aromatic carbocycles. The third kappa shape index (κ3) is 3.22. The molecular formula is C16H19N5S2. The van der Waals surface area contributed by atoms with Gasteiger partial charge >= 0.3 is 0 Å². The Hall–Kier alpha value is -1.57. The zero-order valence-corrected chi connectivity index (χ0v) is 14.7. The molecule has 0 spiro atoms. The Bertz CT molecular complexity index is 788. The van der Waals surface area contributed by atoms with E-state index in [2.05, 4.69) is 48.5 Å². The predicted molar refractivity (Wildman–Crippen MR) is 96.6 cm³/mol. The lowest BCUT2D eigenvalue weighted by Gasteiger charge is -2.35. The molecule has 3 aromatic rings. The number of nitrogens with zero attached hydrogens (tertiary/aromatic N) is 5. The summed E-state index contributed by atoms with van der Waals surface area (Å²) in [6.45, 7) is 7.38. The van der Waals surface area contributed by atoms with E-state index in [9.17, 15) is 0 Å². The van der Waals surface area contributed by atoms with Crippen LogP contribution < -0.4 is 4.90 Å². The van der Waals surface area contributed by atoms with Crippen LogP contribution in [0.15, 0.2) is 23.2 Å². The van der Waals surface area contributed by atoms with Crippen molar-refractivity contribution in [3.05, 3.63) is 33.9 Å². The third-order valence-electron chi connectivity index (χ3n) is 4.25. The fourth-order valence-electron chi connectivity index (χ4n) is 2.98. The van der Waals surface area contributed by atoms with Crippen molar-refractivity contribution >= 4 is 38.7 Å². The summed E-state index contributed by atoms with van der Waals surface area (Å²) in [6.07, 6.45) is 2.73. The molecule has 1 aliphatic rings. The summed E-state index contributed by atoms with van der Waals surface area (Å²) < 4.78 is 1.21. The molecule has 0 amide bonds. The molecule has 0 aliphatic carbocycles. The first-order valence-electron chi connectivity index (χ1n) is 7.86. The van der Waals surface area contributed by atoms with Crippen molar-refractivity contribution in [2.45, 2.75) is 13.3 Å². The standard InChI is InChI=1S/C16H19N5S2/c1-12-19-13(10-23-12)2-4-20-5-7-21(8-6-20)16-15-14(3-9-22-15)17-11-18-16/h3,9-11H,2,4-8H2,1H3. The quantitative estimate of drug-likeness (QED) is 0.727. The number of aromatic nitrogens is 3. The first-order chi connectivity index (χ1) is 11.3. The number of rotatable bonds is 4. The lowest BCUT2D eigenvalue weighted by Crippen LogP contribution is -2.47. The van der Waals surface area contributed by atoms with Crippen LogP contribution in [0.1, 0.15) is 10.7 Å². The third-order valence-corrected chi connectivity index (χ3v) is 5.97. The summed E-state index contributed by atoms with van der Waals surface area (Å²) in [5.41, 5.74) is 2.28. The van der Waals surface area contributed by atoms with Crippen molar-refractivity contribution < 1.29 is 0 Å². The number of thiazole rings is 1. The van der Waals surface area contributed by atoms with E-state index in [0.717, 1.165) is 55.5 Å². The van der Waals surface area contributed by atoms with Gasteiger partial charge in [0.15, 0.2) is 0 Å². The van der Waals surface area contributed by atoms with Gasteiger partial charge in [0, 0.05) is 44.5 Å². The van der Waals surface area contributed by atoms with Gasteiger partial charge in [-0.25, -0.2) is 15.0 Å². The highest BCUT2D eigenvalue weighted by Gasteiger charge is 2.20. The normalized spacial score (nSPS) is 16.3. The van der Waals surface area contributed by atoms with E-state index in [1.807, 2.05) is 0 Å². The number of anilines is 1. The molecule has 1 fully saturated rings. The first-order valence-corrected chi connectivity index (χ1v) is 9.62. The highest BCUT2D eigenvalue weighted by molar-refractivity contribution is 7.17. The minimum absolute atomic E-state index is 1.03. The fraction of sp³-hybridized carbons (Fsp3) is 0.438. The van der Waals surface area contributed by atoms with Crippen LogP contribution in [0, 0.1) is 6.92 Å². The molecule has 120 valence electrons. The maximum absolute atomic E-state index is 4.55. The molecule has 0 radical (unpaired) electrons. The summed E-state index contributed by atoms with van der Waals surface area (Å²) in [5, 5.41) is 5.43. The van der Waals surface area contributed by atoms with Crippen LogP contribution in [0.2, 0.25) is 0 Å². The molecule has 7 heteroatoms. The molecule has 0 saturated carbocycles. The Morgan fingerprint density at radius 1 is 1.13 bits per heavy atom. The summed E-state index contributed by atoms with van der Waals surface area (Å²) in [4.78, 5) is 18.3. The average molecular weight is 345 g/mol. The van der Waals surface area contributed by atoms with E-state index in [0.29, 0.717) is 0 Å². The van der Waals surface area contributed by atoms with Crippen molar-refractivity contribution in [1.29, 1.82) is 0 Å². The second-order valence-corrected chi connectivity index (χ2v) is 7.75. The van der Waals surface area contributed by atoms with Gasteiger partial charge in [-0.3, -0.25) is 4.90 Å². The molecule has 0 atom stereocenters. The second kappa shape index (κ2) is 6.51. The molecule has 1 aliphatic heterocycles. The van der Waals surface area contributed by atoms with E-state index in [1.54, 1.807) is 29.0 Å². The van der Waals surface area contributed by atoms with Crippen molar-refractivity contribution in [2.24, 2.45) is 0 Å². The monoisotopic (exact) mass is 345 g/mol. The zero-order chi connectivity index (χ0) is 15.6. The maximum Gasteiger partial charge on any atom is 0.150 e. The lowest BCUT2D eigenvalue weighted by molar-refractivity contribution is 0.260. The van der Waals surface area contributed by atoms with Gasteiger partial charge in [-0.05, 0) is 18.4 Å². The second-order valence-electron chi connectivity index (χ2n) is 5.77. The van der Waals surface area contributed by atoms with E-state index >= 15 is 0 Å². The Morgan fingerprint density at radius 3 is 2.78 bits per heavy atom. The van der Waals surface area contributed by atoms with E-state index < -0.39 is 0 Å². The van der Waals surface area contributed by atoms with Crippen molar-refractivity contribution in [2.75, 3.05) is 37.6 Å².